The van der Waals surface area contributed by atoms with Crippen LogP contribution >= 0.6 is 0 Å². The Labute approximate surface area is 151 Å². The second-order valence-corrected chi connectivity index (χ2v) is 5.17. The minimum absolute atomic E-state index is 0.115. The van der Waals surface area contributed by atoms with Crippen molar-refractivity contribution in [1.82, 2.24) is 0 Å². The van der Waals surface area contributed by atoms with Gasteiger partial charge in [-0.05, 0) is 24.3 Å². The van der Waals surface area contributed by atoms with Crippen LogP contribution in [0.4, 0.5) is 0 Å². The van der Waals surface area contributed by atoms with E-state index in [0.717, 1.165) is 0 Å². The first kappa shape index (κ1) is 19.1. The lowest BCUT2D eigenvalue weighted by molar-refractivity contribution is -0.132. The van der Waals surface area contributed by atoms with Gasteiger partial charge in [-0.1, -0.05) is 12.1 Å². The van der Waals surface area contributed by atoms with Gasteiger partial charge >= 0.3 is 5.97 Å². The predicted molar refractivity (Wildman–Crippen MR) is 93.7 cm³/mol. The molecule has 0 N–H and O–H groups in total. The van der Waals surface area contributed by atoms with Crippen molar-refractivity contribution in [1.29, 1.82) is 0 Å². The minimum Gasteiger partial charge on any atom is -0.493 e. The highest BCUT2D eigenvalue weighted by Crippen LogP contribution is 2.39. The topological polar surface area (TPSA) is 80.3 Å². The van der Waals surface area contributed by atoms with E-state index in [1.165, 1.54) is 40.4 Å². The van der Waals surface area contributed by atoms with Crippen molar-refractivity contribution in [3.05, 3.63) is 42.0 Å². The highest BCUT2D eigenvalue weighted by Gasteiger charge is 2.19. The van der Waals surface area contributed by atoms with Crippen LogP contribution in [0, 0.1) is 0 Å². The fraction of sp³-hybridized carbons (Fsp3) is 0.263. The minimum atomic E-state index is -0.528. The van der Waals surface area contributed by atoms with Crippen LogP contribution in [0.15, 0.2) is 36.4 Å². The standard InChI is InChI=1S/C19H20O7/c1-12(20)26-19-17(23-3)9-13(10-18(19)24-4)14(21)11-25-16-8-6-5-7-15(16)22-2/h5-10H,11H2,1-4H3. The predicted octanol–water partition coefficient (Wildman–Crippen LogP) is 2.90. The Balaban J connectivity index is 2.24. The fourth-order valence-corrected chi connectivity index (χ4v) is 2.25. The lowest BCUT2D eigenvalue weighted by Crippen LogP contribution is -2.13. The summed E-state index contributed by atoms with van der Waals surface area (Å²) in [5, 5.41) is 0. The van der Waals surface area contributed by atoms with Crippen LogP contribution in [-0.4, -0.2) is 39.7 Å². The second-order valence-electron chi connectivity index (χ2n) is 5.17. The monoisotopic (exact) mass is 360 g/mol. The maximum Gasteiger partial charge on any atom is 0.308 e. The third-order valence-electron chi connectivity index (χ3n) is 3.46. The smallest absolute Gasteiger partial charge is 0.308 e. The Morgan fingerprint density at radius 3 is 1.88 bits per heavy atom. The van der Waals surface area contributed by atoms with Crippen LogP contribution in [0.5, 0.6) is 28.7 Å². The van der Waals surface area contributed by atoms with Crippen molar-refractivity contribution in [2.24, 2.45) is 0 Å². The molecule has 7 heteroatoms. The number of carbonyl (C=O) groups is 2. The van der Waals surface area contributed by atoms with Crippen molar-refractivity contribution < 1.29 is 33.3 Å². The molecule has 2 aromatic carbocycles. The highest BCUT2D eigenvalue weighted by molar-refractivity contribution is 5.98. The summed E-state index contributed by atoms with van der Waals surface area (Å²) >= 11 is 0. The number of rotatable bonds is 8. The zero-order chi connectivity index (χ0) is 19.1. The van der Waals surface area contributed by atoms with E-state index in [-0.39, 0.29) is 29.6 Å². The van der Waals surface area contributed by atoms with E-state index in [2.05, 4.69) is 0 Å². The number of esters is 1. The summed E-state index contributed by atoms with van der Waals surface area (Å²) in [5.74, 6) is 0.687. The molecule has 0 saturated carbocycles. The Morgan fingerprint density at radius 1 is 0.846 bits per heavy atom. The van der Waals surface area contributed by atoms with Crippen molar-refractivity contribution in [2.45, 2.75) is 6.92 Å². The van der Waals surface area contributed by atoms with E-state index < -0.39 is 5.97 Å². The Hall–Kier alpha value is -3.22. The van der Waals surface area contributed by atoms with Crippen LogP contribution in [0.25, 0.3) is 0 Å². The van der Waals surface area contributed by atoms with Gasteiger partial charge in [0.15, 0.2) is 35.4 Å². The molecule has 0 heterocycles. The molecule has 138 valence electrons. The first-order valence-corrected chi connectivity index (χ1v) is 7.73. The van der Waals surface area contributed by atoms with Gasteiger partial charge in [0.05, 0.1) is 21.3 Å². The van der Waals surface area contributed by atoms with Crippen molar-refractivity contribution >= 4 is 11.8 Å². The van der Waals surface area contributed by atoms with Gasteiger partial charge in [0.25, 0.3) is 0 Å². The van der Waals surface area contributed by atoms with E-state index in [4.69, 9.17) is 23.7 Å². The molecule has 0 amide bonds. The SMILES string of the molecule is COc1ccccc1OCC(=O)c1cc(OC)c(OC(C)=O)c(OC)c1. The molecule has 0 aliphatic heterocycles. The molecule has 26 heavy (non-hydrogen) atoms. The van der Waals surface area contributed by atoms with E-state index in [1.807, 2.05) is 0 Å². The molecule has 7 nitrogen and oxygen atoms in total. The quantitative estimate of drug-likeness (QED) is 0.407. The highest BCUT2D eigenvalue weighted by atomic mass is 16.6. The number of carbonyl (C=O) groups excluding carboxylic acids is 2. The zero-order valence-electron chi connectivity index (χ0n) is 15.0. The molecule has 2 rings (SSSR count). The van der Waals surface area contributed by atoms with Crippen molar-refractivity contribution in [3.63, 3.8) is 0 Å². The molecule has 0 radical (unpaired) electrons. The normalized spacial score (nSPS) is 10.0. The summed E-state index contributed by atoms with van der Waals surface area (Å²) in [5.41, 5.74) is 0.296. The molecule has 0 aliphatic rings. The van der Waals surface area contributed by atoms with Gasteiger partial charge in [-0.25, -0.2) is 0 Å². The summed E-state index contributed by atoms with van der Waals surface area (Å²) in [6.45, 7) is 1.05. The first-order chi connectivity index (χ1) is 12.5. The Morgan fingerprint density at radius 2 is 1.38 bits per heavy atom. The van der Waals surface area contributed by atoms with Gasteiger partial charge in [0.2, 0.25) is 5.75 Å². The van der Waals surface area contributed by atoms with E-state index >= 15 is 0 Å². The van der Waals surface area contributed by atoms with Crippen LogP contribution in [0.2, 0.25) is 0 Å². The third kappa shape index (κ3) is 4.44. The summed E-state index contributed by atoms with van der Waals surface area (Å²) in [4.78, 5) is 23.8. The summed E-state index contributed by atoms with van der Waals surface area (Å²) < 4.78 is 26.3. The van der Waals surface area contributed by atoms with Gasteiger partial charge < -0.3 is 23.7 Å². The van der Waals surface area contributed by atoms with Crippen molar-refractivity contribution in [3.8, 4) is 28.7 Å². The molecular weight excluding hydrogens is 340 g/mol. The van der Waals surface area contributed by atoms with Gasteiger partial charge in [0, 0.05) is 12.5 Å². The number of ketones is 1. The van der Waals surface area contributed by atoms with Crippen LogP contribution < -0.4 is 23.7 Å². The van der Waals surface area contributed by atoms with Gasteiger partial charge in [-0.2, -0.15) is 0 Å². The number of methoxy groups -OCH3 is 3. The summed E-state index contributed by atoms with van der Waals surface area (Å²) in [6, 6.07) is 9.96. The summed E-state index contributed by atoms with van der Waals surface area (Å²) in [7, 11) is 4.33. The largest absolute Gasteiger partial charge is 0.493 e. The molecule has 0 unspecified atom stereocenters. The van der Waals surface area contributed by atoms with Crippen LogP contribution in [0.3, 0.4) is 0 Å². The van der Waals surface area contributed by atoms with Gasteiger partial charge in [-0.3, -0.25) is 9.59 Å². The molecule has 0 atom stereocenters. The number of para-hydroxylation sites is 2. The number of hydrogen-bond donors (Lipinski definition) is 0. The number of benzene rings is 2. The Kier molecular flexibility index (Phi) is 6.43. The second kappa shape index (κ2) is 8.75. The molecule has 0 aromatic heterocycles. The molecule has 0 spiro atoms. The van der Waals surface area contributed by atoms with Crippen LogP contribution in [0.1, 0.15) is 17.3 Å². The fourth-order valence-electron chi connectivity index (χ4n) is 2.25. The van der Waals surface area contributed by atoms with Crippen LogP contribution in [-0.2, 0) is 4.79 Å². The number of hydrogen-bond acceptors (Lipinski definition) is 7. The molecule has 0 aliphatic carbocycles. The van der Waals surface area contributed by atoms with E-state index in [0.29, 0.717) is 17.1 Å². The van der Waals surface area contributed by atoms with Gasteiger partial charge in [0.1, 0.15) is 0 Å². The molecule has 0 fully saturated rings. The third-order valence-corrected chi connectivity index (χ3v) is 3.46. The van der Waals surface area contributed by atoms with Gasteiger partial charge in [-0.15, -0.1) is 0 Å². The van der Waals surface area contributed by atoms with E-state index in [9.17, 15) is 9.59 Å². The number of Topliss-reactive ketones (excluding diaryl/α,β-unsaturated/α-hetero) is 1. The van der Waals surface area contributed by atoms with Crippen molar-refractivity contribution in [2.75, 3.05) is 27.9 Å². The average Bonchev–Trinajstić information content (AvgIpc) is 2.65. The molecule has 0 saturated heterocycles. The molecule has 0 bridgehead atoms. The molecular formula is C19H20O7. The first-order valence-electron chi connectivity index (χ1n) is 7.73. The average molecular weight is 360 g/mol. The lowest BCUT2D eigenvalue weighted by Gasteiger charge is -2.14. The molecule has 2 aromatic rings. The number of ether oxygens (including phenoxy) is 5. The maximum absolute atomic E-state index is 12.5. The summed E-state index contributed by atoms with van der Waals surface area (Å²) in [6.07, 6.45) is 0. The Bertz CT molecular complexity index is 773. The maximum atomic E-state index is 12.5. The lowest BCUT2D eigenvalue weighted by atomic mass is 10.1. The van der Waals surface area contributed by atoms with E-state index in [1.54, 1.807) is 24.3 Å². The zero-order valence-corrected chi connectivity index (χ0v) is 15.0.